The van der Waals surface area contributed by atoms with Crippen LogP contribution in [0.1, 0.15) is 17.7 Å². The minimum absolute atomic E-state index is 0.0787. The van der Waals surface area contributed by atoms with Gasteiger partial charge in [0, 0.05) is 44.5 Å². The van der Waals surface area contributed by atoms with Crippen molar-refractivity contribution in [1.29, 1.82) is 0 Å². The molecule has 0 aliphatic carbocycles. The molecule has 2 atom stereocenters. The zero-order chi connectivity index (χ0) is 21.4. The Hall–Kier alpha value is -3.19. The molecular weight excluding hydrogens is 414 g/mol. The topological polar surface area (TPSA) is 80.8 Å². The fourth-order valence-electron chi connectivity index (χ4n) is 4.00. The van der Waals surface area contributed by atoms with Crippen molar-refractivity contribution in [3.63, 3.8) is 0 Å². The first-order chi connectivity index (χ1) is 15.0. The van der Waals surface area contributed by atoms with Gasteiger partial charge in [-0.25, -0.2) is 18.2 Å². The van der Waals surface area contributed by atoms with Crippen LogP contribution in [0.15, 0.2) is 59.9 Å². The summed E-state index contributed by atoms with van der Waals surface area (Å²) in [5.74, 6) is 0.780. The van der Waals surface area contributed by atoms with Crippen LogP contribution in [0.4, 0.5) is 5.69 Å². The normalized spacial score (nSPS) is 22.2. The van der Waals surface area contributed by atoms with Gasteiger partial charge in [-0.1, -0.05) is 18.2 Å². The second-order valence-corrected chi connectivity index (χ2v) is 9.67. The van der Waals surface area contributed by atoms with Crippen molar-refractivity contribution in [2.75, 3.05) is 13.1 Å². The molecular formula is C22H21N5O3S. The van der Waals surface area contributed by atoms with Crippen molar-refractivity contribution in [3.8, 4) is 11.5 Å². The van der Waals surface area contributed by atoms with E-state index in [1.165, 1.54) is 10.4 Å². The number of rotatable bonds is 0. The highest BCUT2D eigenvalue weighted by atomic mass is 32.2. The number of sulfonamides is 1. The highest BCUT2D eigenvalue weighted by Crippen LogP contribution is 2.34. The fourth-order valence-corrected chi connectivity index (χ4v) is 5.54. The predicted molar refractivity (Wildman–Crippen MR) is 115 cm³/mol. The molecule has 31 heavy (non-hydrogen) atoms. The molecule has 0 radical (unpaired) electrons. The van der Waals surface area contributed by atoms with Crippen LogP contribution in [0.2, 0.25) is 0 Å². The molecule has 1 fully saturated rings. The lowest BCUT2D eigenvalue weighted by Gasteiger charge is -2.19. The van der Waals surface area contributed by atoms with Crippen LogP contribution < -0.4 is 10.1 Å². The van der Waals surface area contributed by atoms with Crippen LogP contribution in [0.5, 0.6) is 11.5 Å². The van der Waals surface area contributed by atoms with E-state index in [9.17, 15) is 8.42 Å². The molecule has 1 N–H and O–H groups in total. The maximum Gasteiger partial charge on any atom is 0.243 e. The van der Waals surface area contributed by atoms with E-state index in [2.05, 4.69) is 15.1 Å². The second-order valence-electron chi connectivity index (χ2n) is 7.73. The summed E-state index contributed by atoms with van der Waals surface area (Å²) in [6.07, 6.45) is 4.34. The Balaban J connectivity index is 1.60. The minimum atomic E-state index is -3.64. The lowest BCUT2D eigenvalue weighted by Crippen LogP contribution is -2.35. The number of benzene rings is 2. The first-order valence-corrected chi connectivity index (χ1v) is 11.5. The molecule has 158 valence electrons. The van der Waals surface area contributed by atoms with Gasteiger partial charge in [0.05, 0.1) is 23.5 Å². The number of aromatic nitrogens is 2. The third-order valence-electron chi connectivity index (χ3n) is 5.69. The van der Waals surface area contributed by atoms with Crippen LogP contribution in [0, 0.1) is 6.57 Å². The quantitative estimate of drug-likeness (QED) is 0.549. The largest absolute Gasteiger partial charge is 0.468 e. The Morgan fingerprint density at radius 1 is 1.23 bits per heavy atom. The summed E-state index contributed by atoms with van der Waals surface area (Å²) < 4.78 is 35.9. The van der Waals surface area contributed by atoms with Gasteiger partial charge < -0.3 is 14.6 Å². The molecule has 3 aromatic rings. The summed E-state index contributed by atoms with van der Waals surface area (Å²) in [5.41, 5.74) is 2.34. The van der Waals surface area contributed by atoms with Crippen molar-refractivity contribution in [2.24, 2.45) is 0 Å². The maximum atomic E-state index is 13.2. The summed E-state index contributed by atoms with van der Waals surface area (Å²) >= 11 is 0. The number of hydrogen-bond donors (Lipinski definition) is 1. The lowest BCUT2D eigenvalue weighted by atomic mass is 10.2. The van der Waals surface area contributed by atoms with E-state index in [0.29, 0.717) is 43.4 Å². The highest BCUT2D eigenvalue weighted by Gasteiger charge is 2.32. The van der Waals surface area contributed by atoms with Crippen LogP contribution >= 0.6 is 0 Å². The number of imidazole rings is 1. The summed E-state index contributed by atoms with van der Waals surface area (Å²) in [6.45, 7) is 9.53. The minimum Gasteiger partial charge on any atom is -0.468 e. The van der Waals surface area contributed by atoms with Gasteiger partial charge in [0.15, 0.2) is 0 Å². The van der Waals surface area contributed by atoms with Gasteiger partial charge in [-0.05, 0) is 30.2 Å². The van der Waals surface area contributed by atoms with Gasteiger partial charge in [0.1, 0.15) is 11.5 Å². The molecule has 0 spiro atoms. The average Bonchev–Trinajstić information content (AvgIpc) is 3.42. The van der Waals surface area contributed by atoms with Crippen LogP contribution in [-0.2, 0) is 23.1 Å². The van der Waals surface area contributed by atoms with E-state index in [1.807, 2.05) is 22.9 Å². The number of hydrogen-bond acceptors (Lipinski definition) is 5. The summed E-state index contributed by atoms with van der Waals surface area (Å²) in [7, 11) is -3.64. The second kappa shape index (κ2) is 7.81. The van der Waals surface area contributed by atoms with E-state index in [-0.39, 0.29) is 10.9 Å². The Morgan fingerprint density at radius 2 is 2.13 bits per heavy atom. The van der Waals surface area contributed by atoms with E-state index in [0.717, 1.165) is 17.7 Å². The monoisotopic (exact) mass is 435 g/mol. The van der Waals surface area contributed by atoms with Crippen LogP contribution in [-0.4, -0.2) is 41.4 Å². The molecule has 8 nitrogen and oxygen atoms in total. The molecule has 6 bridgehead atoms. The van der Waals surface area contributed by atoms with Gasteiger partial charge in [-0.3, -0.25) is 0 Å². The molecule has 3 heterocycles. The van der Waals surface area contributed by atoms with Gasteiger partial charge in [-0.2, -0.15) is 4.31 Å². The van der Waals surface area contributed by atoms with Crippen molar-refractivity contribution in [3.05, 3.63) is 77.7 Å². The number of ether oxygens (including phenoxy) is 1. The summed E-state index contributed by atoms with van der Waals surface area (Å²) in [4.78, 5) is 8.01. The van der Waals surface area contributed by atoms with Crippen molar-refractivity contribution >= 4 is 15.7 Å². The zero-order valence-electron chi connectivity index (χ0n) is 16.7. The number of nitrogens with one attached hydrogen (secondary N) is 1. The Morgan fingerprint density at radius 3 is 3.00 bits per heavy atom. The molecule has 1 saturated heterocycles. The number of fused-ring (bicyclic) bond motifs is 7. The standard InChI is InChI=1S/C22H21N5O3S/c1-23-21-6-5-16-9-22(21)30-19-3-2-4-20(10-19)31(28,29)27-8-7-17(14-27)25-12-18-11-24-15-26(18)13-16/h2-6,9-11,15,17,25H,7-8,12-14H2/t17-/m1/s1. The summed E-state index contributed by atoms with van der Waals surface area (Å²) in [5, 5.41) is 3.47. The zero-order valence-corrected chi connectivity index (χ0v) is 17.5. The third kappa shape index (κ3) is 3.81. The van der Waals surface area contributed by atoms with Crippen LogP contribution in [0.25, 0.3) is 4.85 Å². The Kier molecular flexibility index (Phi) is 4.98. The van der Waals surface area contributed by atoms with Crippen LogP contribution in [0.3, 0.4) is 0 Å². The van der Waals surface area contributed by atoms with Gasteiger partial charge >= 0.3 is 0 Å². The smallest absolute Gasteiger partial charge is 0.243 e. The first-order valence-electron chi connectivity index (χ1n) is 10.0. The molecule has 1 unspecified atom stereocenters. The molecule has 2 aromatic carbocycles. The van der Waals surface area contributed by atoms with E-state index < -0.39 is 10.0 Å². The van der Waals surface area contributed by atoms with Gasteiger partial charge in [-0.15, -0.1) is 0 Å². The SMILES string of the molecule is [C-]#[N+]c1ccc2cc1Oc1cccc(c1)S(=O)(=O)N1CC[C@H](C1)NCc1cncn1C2. The Labute approximate surface area is 181 Å². The molecule has 2 aliphatic rings. The summed E-state index contributed by atoms with van der Waals surface area (Å²) in [6, 6.07) is 12.0. The van der Waals surface area contributed by atoms with Crippen molar-refractivity contribution in [1.82, 2.24) is 19.2 Å². The first kappa shape index (κ1) is 19.8. The van der Waals surface area contributed by atoms with E-state index >= 15 is 0 Å². The molecule has 2 aliphatic heterocycles. The third-order valence-corrected chi connectivity index (χ3v) is 7.55. The van der Waals surface area contributed by atoms with Crippen molar-refractivity contribution < 1.29 is 13.2 Å². The maximum absolute atomic E-state index is 13.2. The number of nitrogens with zero attached hydrogens (tertiary/aromatic N) is 4. The highest BCUT2D eigenvalue weighted by molar-refractivity contribution is 7.89. The molecule has 1 aromatic heterocycles. The molecule has 5 rings (SSSR count). The lowest BCUT2D eigenvalue weighted by molar-refractivity contribution is 0.451. The van der Waals surface area contributed by atoms with E-state index in [1.54, 1.807) is 30.6 Å². The van der Waals surface area contributed by atoms with Crippen molar-refractivity contribution in [2.45, 2.75) is 30.4 Å². The molecule has 0 saturated carbocycles. The molecule has 0 amide bonds. The van der Waals surface area contributed by atoms with E-state index in [4.69, 9.17) is 11.3 Å². The van der Waals surface area contributed by atoms with Gasteiger partial charge in [0.2, 0.25) is 15.7 Å². The van der Waals surface area contributed by atoms with Gasteiger partial charge in [0.25, 0.3) is 0 Å². The Bertz CT molecular complexity index is 1280. The predicted octanol–water partition coefficient (Wildman–Crippen LogP) is 3.14. The average molecular weight is 436 g/mol. The molecule has 9 heteroatoms. The fraction of sp³-hybridized carbons (Fsp3) is 0.273.